The number of carbonyl (C=O) groups excluding carboxylic acids is 1. The van der Waals surface area contributed by atoms with E-state index in [2.05, 4.69) is 35.7 Å². The van der Waals surface area contributed by atoms with Gasteiger partial charge in [-0.1, -0.05) is 12.1 Å². The summed E-state index contributed by atoms with van der Waals surface area (Å²) in [5.41, 5.74) is 3.80. The highest BCUT2D eigenvalue weighted by Gasteiger charge is 2.20. The van der Waals surface area contributed by atoms with Crippen molar-refractivity contribution in [2.45, 2.75) is 13.8 Å². The summed E-state index contributed by atoms with van der Waals surface area (Å²) >= 11 is 0. The lowest BCUT2D eigenvalue weighted by molar-refractivity contribution is -0.117. The number of hydrogen-bond acceptors (Lipinski definition) is 7. The Morgan fingerprint density at radius 1 is 1.11 bits per heavy atom. The number of anilines is 2. The van der Waals surface area contributed by atoms with Crippen molar-refractivity contribution < 1.29 is 4.79 Å². The number of carbonyl (C=O) groups is 1. The lowest BCUT2D eigenvalue weighted by atomic mass is 10.1. The van der Waals surface area contributed by atoms with Crippen LogP contribution in [-0.2, 0) is 4.79 Å². The van der Waals surface area contributed by atoms with Crippen molar-refractivity contribution >= 4 is 23.1 Å². The number of tetrazole rings is 1. The minimum Gasteiger partial charge on any atom is -0.353 e. The molecule has 27 heavy (non-hydrogen) atoms. The summed E-state index contributed by atoms with van der Waals surface area (Å²) in [6.45, 7) is 7.67. The lowest BCUT2D eigenvalue weighted by Crippen LogP contribution is -2.49. The molecule has 0 unspecified atom stereocenters. The van der Waals surface area contributed by atoms with Gasteiger partial charge in [-0.25, -0.2) is 0 Å². The van der Waals surface area contributed by atoms with Crippen LogP contribution in [0.4, 0.5) is 11.5 Å². The van der Waals surface area contributed by atoms with Crippen molar-refractivity contribution in [2.75, 3.05) is 42.9 Å². The minimum absolute atomic E-state index is 0.0189. The molecule has 9 heteroatoms. The molecule has 3 aromatic rings. The monoisotopic (exact) mass is 366 g/mol. The van der Waals surface area contributed by atoms with Gasteiger partial charge in [0, 0.05) is 31.9 Å². The van der Waals surface area contributed by atoms with Crippen molar-refractivity contribution in [2.24, 2.45) is 0 Å². The van der Waals surface area contributed by atoms with E-state index in [1.54, 1.807) is 0 Å². The molecule has 0 atom stereocenters. The number of nitrogens with one attached hydrogen (secondary N) is 1. The van der Waals surface area contributed by atoms with E-state index < -0.39 is 0 Å². The molecule has 3 heterocycles. The van der Waals surface area contributed by atoms with Crippen LogP contribution in [0, 0.1) is 13.8 Å². The van der Waals surface area contributed by atoms with Crippen LogP contribution in [0.15, 0.2) is 30.3 Å². The molecular weight excluding hydrogens is 344 g/mol. The number of rotatable bonds is 4. The second kappa shape index (κ2) is 7.28. The highest BCUT2D eigenvalue weighted by atomic mass is 16.2. The Bertz CT molecular complexity index is 961. The van der Waals surface area contributed by atoms with Gasteiger partial charge in [-0.2, -0.15) is 0 Å². The van der Waals surface area contributed by atoms with Crippen molar-refractivity contribution in [1.82, 2.24) is 30.2 Å². The van der Waals surface area contributed by atoms with E-state index in [1.807, 2.05) is 44.2 Å². The van der Waals surface area contributed by atoms with E-state index in [1.165, 1.54) is 10.2 Å². The number of amides is 1. The molecule has 1 aromatic carbocycles. The third kappa shape index (κ3) is 3.72. The zero-order valence-electron chi connectivity index (χ0n) is 15.5. The summed E-state index contributed by atoms with van der Waals surface area (Å²) < 4.78 is 1.43. The first-order valence-corrected chi connectivity index (χ1v) is 8.99. The molecule has 1 aliphatic heterocycles. The van der Waals surface area contributed by atoms with Gasteiger partial charge in [0.15, 0.2) is 11.5 Å². The number of nitrogens with zero attached hydrogens (tertiary/aromatic N) is 7. The summed E-state index contributed by atoms with van der Waals surface area (Å²) in [4.78, 5) is 16.7. The van der Waals surface area contributed by atoms with Crippen LogP contribution in [0.5, 0.6) is 0 Å². The van der Waals surface area contributed by atoms with Gasteiger partial charge in [-0.3, -0.25) is 9.69 Å². The first kappa shape index (κ1) is 17.3. The molecule has 2 aromatic heterocycles. The molecule has 1 saturated heterocycles. The standard InChI is InChI=1S/C18H22N8O/c1-13-4-3-5-15(14(13)2)19-18(27)12-24-8-10-25(11-9-24)17-7-6-16-20-22-23-26(16)21-17/h3-7H,8-12H2,1-2H3,(H,19,27). The number of benzene rings is 1. The Morgan fingerprint density at radius 2 is 1.93 bits per heavy atom. The molecule has 1 aliphatic rings. The van der Waals surface area contributed by atoms with E-state index in [9.17, 15) is 4.79 Å². The largest absolute Gasteiger partial charge is 0.353 e. The SMILES string of the molecule is Cc1cccc(NC(=O)CN2CCN(c3ccc4nnnn4n3)CC2)c1C. The van der Waals surface area contributed by atoms with Crippen LogP contribution < -0.4 is 10.2 Å². The summed E-state index contributed by atoms with van der Waals surface area (Å²) in [6.07, 6.45) is 0. The molecule has 0 saturated carbocycles. The number of aryl methyl sites for hydroxylation is 1. The van der Waals surface area contributed by atoms with Gasteiger partial charge in [0.1, 0.15) is 0 Å². The molecule has 1 N–H and O–H groups in total. The molecule has 0 bridgehead atoms. The lowest BCUT2D eigenvalue weighted by Gasteiger charge is -2.34. The summed E-state index contributed by atoms with van der Waals surface area (Å²) in [6, 6.07) is 9.73. The van der Waals surface area contributed by atoms with Crippen LogP contribution in [0.25, 0.3) is 5.65 Å². The van der Waals surface area contributed by atoms with E-state index in [-0.39, 0.29) is 5.91 Å². The average Bonchev–Trinajstić information content (AvgIpc) is 3.14. The van der Waals surface area contributed by atoms with Crippen LogP contribution in [0.1, 0.15) is 11.1 Å². The van der Waals surface area contributed by atoms with Gasteiger partial charge in [0.05, 0.1) is 6.54 Å². The van der Waals surface area contributed by atoms with Crippen molar-refractivity contribution in [3.8, 4) is 0 Å². The number of hydrogen-bond donors (Lipinski definition) is 1. The summed E-state index contributed by atoms with van der Waals surface area (Å²) in [5.74, 6) is 0.861. The van der Waals surface area contributed by atoms with E-state index in [0.717, 1.165) is 43.2 Å². The molecule has 1 amide bonds. The Kier molecular flexibility index (Phi) is 4.68. The third-order valence-electron chi connectivity index (χ3n) is 5.00. The van der Waals surface area contributed by atoms with Gasteiger partial charge >= 0.3 is 0 Å². The van der Waals surface area contributed by atoms with Gasteiger partial charge in [-0.05, 0) is 53.6 Å². The Hall–Kier alpha value is -3.07. The number of piperazine rings is 1. The van der Waals surface area contributed by atoms with Crippen molar-refractivity contribution in [3.63, 3.8) is 0 Å². The van der Waals surface area contributed by atoms with Gasteiger partial charge < -0.3 is 10.2 Å². The minimum atomic E-state index is 0.0189. The molecule has 0 spiro atoms. The molecule has 9 nitrogen and oxygen atoms in total. The molecular formula is C18H22N8O. The van der Waals surface area contributed by atoms with Gasteiger partial charge in [0.25, 0.3) is 0 Å². The fraction of sp³-hybridized carbons (Fsp3) is 0.389. The van der Waals surface area contributed by atoms with E-state index in [0.29, 0.717) is 12.2 Å². The fourth-order valence-electron chi connectivity index (χ4n) is 3.22. The zero-order valence-corrected chi connectivity index (χ0v) is 15.5. The predicted octanol–water partition coefficient (Wildman–Crippen LogP) is 0.897. The van der Waals surface area contributed by atoms with Gasteiger partial charge in [-0.15, -0.1) is 14.8 Å². The highest BCUT2D eigenvalue weighted by Crippen LogP contribution is 2.18. The maximum absolute atomic E-state index is 12.4. The summed E-state index contributed by atoms with van der Waals surface area (Å²) in [7, 11) is 0. The second-order valence-corrected chi connectivity index (χ2v) is 6.78. The Labute approximate surface area is 157 Å². The quantitative estimate of drug-likeness (QED) is 0.733. The molecule has 4 rings (SSSR count). The normalized spacial score (nSPS) is 15.3. The first-order valence-electron chi connectivity index (χ1n) is 8.99. The van der Waals surface area contributed by atoms with E-state index in [4.69, 9.17) is 0 Å². The van der Waals surface area contributed by atoms with Crippen LogP contribution in [0.2, 0.25) is 0 Å². The zero-order chi connectivity index (χ0) is 18.8. The predicted molar refractivity (Wildman–Crippen MR) is 102 cm³/mol. The summed E-state index contributed by atoms with van der Waals surface area (Å²) in [5, 5.41) is 18.8. The Morgan fingerprint density at radius 3 is 2.74 bits per heavy atom. The van der Waals surface area contributed by atoms with Gasteiger partial charge in [0.2, 0.25) is 5.91 Å². The molecule has 140 valence electrons. The van der Waals surface area contributed by atoms with Crippen molar-refractivity contribution in [1.29, 1.82) is 0 Å². The Balaban J connectivity index is 1.32. The fourth-order valence-corrected chi connectivity index (χ4v) is 3.22. The van der Waals surface area contributed by atoms with Crippen molar-refractivity contribution in [3.05, 3.63) is 41.5 Å². The molecule has 0 radical (unpaired) electrons. The van der Waals surface area contributed by atoms with Crippen LogP contribution in [0.3, 0.4) is 0 Å². The smallest absolute Gasteiger partial charge is 0.238 e. The number of aromatic nitrogens is 5. The third-order valence-corrected chi connectivity index (χ3v) is 5.00. The maximum atomic E-state index is 12.4. The maximum Gasteiger partial charge on any atom is 0.238 e. The highest BCUT2D eigenvalue weighted by molar-refractivity contribution is 5.93. The topological polar surface area (TPSA) is 91.5 Å². The average molecular weight is 366 g/mol. The number of fused-ring (bicyclic) bond motifs is 1. The van der Waals surface area contributed by atoms with Crippen LogP contribution in [-0.4, -0.2) is 68.8 Å². The van der Waals surface area contributed by atoms with E-state index >= 15 is 0 Å². The molecule has 0 aliphatic carbocycles. The first-order chi connectivity index (χ1) is 13.1. The van der Waals surface area contributed by atoms with Crippen LogP contribution >= 0.6 is 0 Å². The molecule has 1 fully saturated rings. The second-order valence-electron chi connectivity index (χ2n) is 6.78.